The summed E-state index contributed by atoms with van der Waals surface area (Å²) in [5, 5.41) is 11.9. The van der Waals surface area contributed by atoms with Gasteiger partial charge in [-0.15, -0.1) is 5.10 Å². The Morgan fingerprint density at radius 1 is 1.20 bits per heavy atom. The van der Waals surface area contributed by atoms with Crippen molar-refractivity contribution in [2.45, 2.75) is 19.3 Å². The average Bonchev–Trinajstić information content (AvgIpc) is 3.18. The highest BCUT2D eigenvalue weighted by Gasteiger charge is 2.29. The van der Waals surface area contributed by atoms with Crippen molar-refractivity contribution in [2.75, 3.05) is 29.9 Å². The van der Waals surface area contributed by atoms with Gasteiger partial charge in [-0.1, -0.05) is 0 Å². The van der Waals surface area contributed by atoms with E-state index in [2.05, 4.69) is 31.5 Å². The van der Waals surface area contributed by atoms with Crippen LogP contribution in [0.15, 0.2) is 28.7 Å². The molecule has 1 aliphatic heterocycles. The summed E-state index contributed by atoms with van der Waals surface area (Å²) >= 11 is 0. The second-order valence-electron chi connectivity index (χ2n) is 6.81. The van der Waals surface area contributed by atoms with Gasteiger partial charge < -0.3 is 14.6 Å². The Morgan fingerprint density at radius 3 is 3.04 bits per heavy atom. The van der Waals surface area contributed by atoms with Crippen LogP contribution in [0.3, 0.4) is 0 Å². The Morgan fingerprint density at radius 2 is 2.12 bits per heavy atom. The van der Waals surface area contributed by atoms with Gasteiger partial charge in [0.15, 0.2) is 11.4 Å². The van der Waals surface area contributed by atoms with Crippen molar-refractivity contribution in [1.82, 2.24) is 15.2 Å². The van der Waals surface area contributed by atoms with Gasteiger partial charge in [0.25, 0.3) is 6.01 Å². The number of aryl methyl sites for hydroxylation is 2. The Bertz CT molecular complexity index is 934. The molecule has 0 spiro atoms. The molecule has 1 aromatic carbocycles. The van der Waals surface area contributed by atoms with E-state index in [1.165, 1.54) is 24.1 Å². The predicted octanol–water partition coefficient (Wildman–Crippen LogP) is 2.79. The fourth-order valence-electron chi connectivity index (χ4n) is 3.57. The van der Waals surface area contributed by atoms with Crippen molar-refractivity contribution in [1.29, 1.82) is 0 Å². The fraction of sp³-hybridized carbons (Fsp3) is 0.389. The van der Waals surface area contributed by atoms with E-state index in [4.69, 9.17) is 4.42 Å². The molecule has 6 nitrogen and oxygen atoms in total. The third kappa shape index (κ3) is 2.69. The molecule has 2 aliphatic rings. The molecular formula is C18H18FN5O. The molecule has 2 aromatic heterocycles. The van der Waals surface area contributed by atoms with E-state index in [1.807, 2.05) is 0 Å². The molecule has 0 unspecified atom stereocenters. The average molecular weight is 339 g/mol. The van der Waals surface area contributed by atoms with Crippen LogP contribution in [0, 0.1) is 11.7 Å². The molecule has 1 saturated heterocycles. The first kappa shape index (κ1) is 14.6. The monoisotopic (exact) mass is 339 g/mol. The quantitative estimate of drug-likeness (QED) is 0.788. The van der Waals surface area contributed by atoms with Crippen molar-refractivity contribution < 1.29 is 8.81 Å². The summed E-state index contributed by atoms with van der Waals surface area (Å²) < 4.78 is 18.8. The SMILES string of the molecule is Fc1ccc2oc(NCC3CN(c4cc5c(nn4)CCC5)C3)nc2c1. The van der Waals surface area contributed by atoms with Gasteiger partial charge in [0, 0.05) is 31.6 Å². The number of benzene rings is 1. The number of nitrogens with one attached hydrogen (secondary N) is 1. The van der Waals surface area contributed by atoms with Gasteiger partial charge in [-0.2, -0.15) is 10.1 Å². The van der Waals surface area contributed by atoms with Gasteiger partial charge in [0.2, 0.25) is 0 Å². The Hall–Kier alpha value is -2.70. The lowest BCUT2D eigenvalue weighted by Crippen LogP contribution is -2.50. The number of hydrogen-bond donors (Lipinski definition) is 1. The van der Waals surface area contributed by atoms with E-state index < -0.39 is 0 Å². The van der Waals surface area contributed by atoms with Crippen LogP contribution in [0.5, 0.6) is 0 Å². The number of hydrogen-bond acceptors (Lipinski definition) is 6. The van der Waals surface area contributed by atoms with Crippen molar-refractivity contribution in [2.24, 2.45) is 5.92 Å². The molecule has 0 bridgehead atoms. The van der Waals surface area contributed by atoms with Crippen LogP contribution in [-0.2, 0) is 12.8 Å². The van der Waals surface area contributed by atoms with Gasteiger partial charge in [0.1, 0.15) is 11.3 Å². The topological polar surface area (TPSA) is 67.1 Å². The molecule has 0 amide bonds. The van der Waals surface area contributed by atoms with Crippen LogP contribution in [0.1, 0.15) is 17.7 Å². The summed E-state index contributed by atoms with van der Waals surface area (Å²) in [7, 11) is 0. The highest BCUT2D eigenvalue weighted by atomic mass is 19.1. The smallest absolute Gasteiger partial charge is 0.295 e. The second-order valence-corrected chi connectivity index (χ2v) is 6.81. The van der Waals surface area contributed by atoms with Gasteiger partial charge in [-0.3, -0.25) is 0 Å². The minimum absolute atomic E-state index is 0.308. The molecule has 0 radical (unpaired) electrons. The molecular weight excluding hydrogens is 321 g/mol. The zero-order valence-corrected chi connectivity index (χ0v) is 13.7. The summed E-state index contributed by atoms with van der Waals surface area (Å²) in [5.74, 6) is 1.17. The number of rotatable bonds is 4. The maximum atomic E-state index is 13.2. The Kier molecular flexibility index (Phi) is 3.33. The van der Waals surface area contributed by atoms with Crippen molar-refractivity contribution in [3.8, 4) is 0 Å². The van der Waals surface area contributed by atoms with Crippen molar-refractivity contribution in [3.63, 3.8) is 0 Å². The number of anilines is 2. The first-order chi connectivity index (χ1) is 12.2. The number of halogens is 1. The molecule has 25 heavy (non-hydrogen) atoms. The zero-order chi connectivity index (χ0) is 16.8. The molecule has 0 atom stereocenters. The maximum Gasteiger partial charge on any atom is 0.295 e. The highest BCUT2D eigenvalue weighted by molar-refractivity contribution is 5.74. The van der Waals surface area contributed by atoms with Crippen LogP contribution in [0.25, 0.3) is 11.1 Å². The predicted molar refractivity (Wildman–Crippen MR) is 92.2 cm³/mol. The summed E-state index contributed by atoms with van der Waals surface area (Å²) in [6, 6.07) is 6.98. The van der Waals surface area contributed by atoms with Crippen LogP contribution in [0.4, 0.5) is 16.2 Å². The molecule has 0 saturated carbocycles. The molecule has 1 aliphatic carbocycles. The lowest BCUT2D eigenvalue weighted by Gasteiger charge is -2.39. The van der Waals surface area contributed by atoms with E-state index >= 15 is 0 Å². The normalized spacial score (nSPS) is 16.9. The number of aromatic nitrogens is 3. The summed E-state index contributed by atoms with van der Waals surface area (Å²) in [6.07, 6.45) is 3.37. The summed E-state index contributed by atoms with van der Waals surface area (Å²) in [4.78, 5) is 6.52. The fourth-order valence-corrected chi connectivity index (χ4v) is 3.57. The van der Waals surface area contributed by atoms with Crippen molar-refractivity contribution in [3.05, 3.63) is 41.3 Å². The van der Waals surface area contributed by atoms with Gasteiger partial charge in [0.05, 0.1) is 5.69 Å². The first-order valence-electron chi connectivity index (χ1n) is 8.65. The molecule has 3 aromatic rings. The number of fused-ring (bicyclic) bond motifs is 2. The summed E-state index contributed by atoms with van der Waals surface area (Å²) in [6.45, 7) is 2.65. The third-order valence-corrected chi connectivity index (χ3v) is 4.98. The van der Waals surface area contributed by atoms with Gasteiger partial charge >= 0.3 is 0 Å². The zero-order valence-electron chi connectivity index (χ0n) is 13.7. The minimum Gasteiger partial charge on any atom is -0.424 e. The minimum atomic E-state index is -0.308. The van der Waals surface area contributed by atoms with Crippen LogP contribution < -0.4 is 10.2 Å². The lowest BCUT2D eigenvalue weighted by molar-refractivity contribution is 0.421. The van der Waals surface area contributed by atoms with Crippen LogP contribution >= 0.6 is 0 Å². The third-order valence-electron chi connectivity index (χ3n) is 4.98. The molecule has 128 valence electrons. The second kappa shape index (κ2) is 5.68. The Labute approximate surface area is 144 Å². The van der Waals surface area contributed by atoms with Gasteiger partial charge in [-0.25, -0.2) is 4.39 Å². The van der Waals surface area contributed by atoms with E-state index in [9.17, 15) is 4.39 Å². The molecule has 1 N–H and O–H groups in total. The van der Waals surface area contributed by atoms with E-state index in [0.717, 1.165) is 44.0 Å². The Balaban J connectivity index is 1.18. The molecule has 3 heterocycles. The highest BCUT2D eigenvalue weighted by Crippen LogP contribution is 2.27. The molecule has 5 rings (SSSR count). The summed E-state index contributed by atoms with van der Waals surface area (Å²) in [5.41, 5.74) is 3.64. The number of oxazole rings is 1. The lowest BCUT2D eigenvalue weighted by atomic mass is 10.00. The largest absolute Gasteiger partial charge is 0.424 e. The molecule has 1 fully saturated rings. The maximum absolute atomic E-state index is 13.2. The van der Waals surface area contributed by atoms with Crippen LogP contribution in [-0.4, -0.2) is 34.8 Å². The number of nitrogens with zero attached hydrogens (tertiary/aromatic N) is 4. The van der Waals surface area contributed by atoms with E-state index in [1.54, 1.807) is 6.07 Å². The standard InChI is InChI=1S/C18H18FN5O/c19-13-4-5-16-15(7-13)21-18(25-16)20-8-11-9-24(10-11)17-6-12-2-1-3-14(12)22-23-17/h4-7,11H,1-3,8-10H2,(H,20,21). The first-order valence-corrected chi connectivity index (χ1v) is 8.65. The van der Waals surface area contributed by atoms with Crippen LogP contribution in [0.2, 0.25) is 0 Å². The molecule has 7 heteroatoms. The van der Waals surface area contributed by atoms with Crippen molar-refractivity contribution >= 4 is 22.9 Å². The van der Waals surface area contributed by atoms with E-state index in [0.29, 0.717) is 23.0 Å². The van der Waals surface area contributed by atoms with E-state index in [-0.39, 0.29) is 5.82 Å². The van der Waals surface area contributed by atoms with Gasteiger partial charge in [-0.05, 0) is 43.0 Å².